The van der Waals surface area contributed by atoms with Crippen molar-refractivity contribution in [3.63, 3.8) is 0 Å². The molecule has 0 amide bonds. The van der Waals surface area contributed by atoms with Gasteiger partial charge in [-0.1, -0.05) is 42.8 Å². The standard InChI is InChI=1S/C24H31N5OS/c1-27-15-9-7-10-18(27)14-17-31-24-25-22-21(20-13-6-3-8-16-28(20)24)23(30)29(26-22)19-11-4-2-5-12-19/h2,4-5,11-12,18H,3,6-10,13-17H2,1H3. The van der Waals surface area contributed by atoms with Gasteiger partial charge in [-0.15, -0.1) is 5.10 Å². The summed E-state index contributed by atoms with van der Waals surface area (Å²) >= 11 is 1.84. The molecule has 4 aliphatic rings. The number of benzene rings is 1. The van der Waals surface area contributed by atoms with E-state index in [-0.39, 0.29) is 5.56 Å². The van der Waals surface area contributed by atoms with Crippen molar-refractivity contribution in [2.24, 2.45) is 0 Å². The second-order valence-electron chi connectivity index (χ2n) is 8.82. The Hall–Kier alpha value is -2.12. The molecule has 31 heavy (non-hydrogen) atoms. The molecule has 0 aromatic heterocycles. The van der Waals surface area contributed by atoms with Crippen LogP contribution in [0.4, 0.5) is 0 Å². The van der Waals surface area contributed by atoms with E-state index >= 15 is 0 Å². The van der Waals surface area contributed by atoms with Crippen LogP contribution in [0.1, 0.15) is 50.6 Å². The highest BCUT2D eigenvalue weighted by atomic mass is 32.2. The van der Waals surface area contributed by atoms with Gasteiger partial charge in [-0.2, -0.15) is 4.68 Å². The summed E-state index contributed by atoms with van der Waals surface area (Å²) in [6, 6.07) is 10.4. The first-order valence-corrected chi connectivity index (χ1v) is 12.6. The number of likely N-dealkylation sites (tertiary alicyclic amines) is 1. The minimum atomic E-state index is -0.0419. The van der Waals surface area contributed by atoms with Crippen LogP contribution in [0, 0.1) is 0 Å². The predicted molar refractivity (Wildman–Crippen MR) is 125 cm³/mol. The lowest BCUT2D eigenvalue weighted by molar-refractivity contribution is 0.182. The summed E-state index contributed by atoms with van der Waals surface area (Å²) in [7, 11) is 2.26. The molecule has 164 valence electrons. The van der Waals surface area contributed by atoms with Crippen LogP contribution < -0.4 is 5.56 Å². The van der Waals surface area contributed by atoms with Crippen LogP contribution >= 0.6 is 11.8 Å². The van der Waals surface area contributed by atoms with Gasteiger partial charge in [-0.25, -0.2) is 4.98 Å². The van der Waals surface area contributed by atoms with Crippen molar-refractivity contribution in [1.82, 2.24) is 24.2 Å². The highest BCUT2D eigenvalue weighted by Gasteiger charge is 2.27. The number of rotatable bonds is 5. The lowest BCUT2D eigenvalue weighted by atomic mass is 10.0. The lowest BCUT2D eigenvalue weighted by Gasteiger charge is -2.32. The zero-order valence-electron chi connectivity index (χ0n) is 18.3. The zero-order chi connectivity index (χ0) is 21.2. The minimum absolute atomic E-state index is 0.0419. The molecule has 6 nitrogen and oxygen atoms in total. The maximum absolute atomic E-state index is 13.3. The maximum Gasteiger partial charge on any atom is 0.284 e. The third-order valence-corrected chi connectivity index (χ3v) is 7.78. The number of piperidine rings is 1. The lowest BCUT2D eigenvalue weighted by Crippen LogP contribution is -2.36. The van der Waals surface area contributed by atoms with E-state index in [1.165, 1.54) is 43.3 Å². The third kappa shape index (κ3) is 4.17. The summed E-state index contributed by atoms with van der Waals surface area (Å²) in [6.45, 7) is 2.16. The van der Waals surface area contributed by atoms with Crippen LogP contribution in [0.3, 0.4) is 0 Å². The first-order chi connectivity index (χ1) is 15.2. The Labute approximate surface area is 188 Å². The fraction of sp³-hybridized carbons (Fsp3) is 0.542. The zero-order valence-corrected chi connectivity index (χ0v) is 19.1. The van der Waals surface area contributed by atoms with E-state index in [0.29, 0.717) is 17.4 Å². The molecular formula is C24H31N5OS. The largest absolute Gasteiger partial charge is 0.324 e. The number of aromatic nitrogens is 4. The normalized spacial score (nSPS) is 20.0. The van der Waals surface area contributed by atoms with Gasteiger partial charge in [0.25, 0.3) is 5.56 Å². The topological polar surface area (TPSA) is 56.0 Å². The van der Waals surface area contributed by atoms with Gasteiger partial charge in [0.05, 0.1) is 5.69 Å². The molecule has 1 aromatic rings. The van der Waals surface area contributed by atoms with Crippen LogP contribution in [0.2, 0.25) is 0 Å². The van der Waals surface area contributed by atoms with Crippen LogP contribution in [0.5, 0.6) is 0 Å². The monoisotopic (exact) mass is 437 g/mol. The van der Waals surface area contributed by atoms with Gasteiger partial charge in [-0.3, -0.25) is 4.79 Å². The van der Waals surface area contributed by atoms with Crippen molar-refractivity contribution >= 4 is 11.8 Å². The number of para-hydroxylation sites is 1. The van der Waals surface area contributed by atoms with Gasteiger partial charge in [0.15, 0.2) is 11.0 Å². The van der Waals surface area contributed by atoms with Crippen LogP contribution in [-0.2, 0) is 13.0 Å². The van der Waals surface area contributed by atoms with Crippen LogP contribution in [0.15, 0.2) is 40.3 Å². The number of thioether (sulfide) groups is 1. The highest BCUT2D eigenvalue weighted by Crippen LogP contribution is 2.31. The number of fused-ring (bicyclic) bond motifs is 3. The Kier molecular flexibility index (Phi) is 6.14. The highest BCUT2D eigenvalue weighted by molar-refractivity contribution is 7.99. The molecule has 1 aromatic carbocycles. The van der Waals surface area contributed by atoms with Gasteiger partial charge >= 0.3 is 0 Å². The molecular weight excluding hydrogens is 406 g/mol. The number of hydrogen-bond acceptors (Lipinski definition) is 5. The molecule has 1 atom stereocenters. The Balaban J connectivity index is 1.49. The summed E-state index contributed by atoms with van der Waals surface area (Å²) in [5.74, 6) is 1.65. The first kappa shape index (κ1) is 20.8. The maximum atomic E-state index is 13.3. The van der Waals surface area contributed by atoms with E-state index < -0.39 is 0 Å². The number of hydrogen-bond donors (Lipinski definition) is 0. The van der Waals surface area contributed by atoms with E-state index in [1.807, 2.05) is 42.1 Å². The van der Waals surface area contributed by atoms with Crippen LogP contribution in [0.25, 0.3) is 17.1 Å². The van der Waals surface area contributed by atoms with Crippen molar-refractivity contribution in [1.29, 1.82) is 0 Å². The second kappa shape index (κ2) is 9.17. The average molecular weight is 438 g/mol. The van der Waals surface area contributed by atoms with Gasteiger partial charge in [0.2, 0.25) is 0 Å². The third-order valence-electron chi connectivity index (χ3n) is 6.77. The minimum Gasteiger partial charge on any atom is -0.324 e. The Morgan fingerprint density at radius 2 is 1.90 bits per heavy atom. The van der Waals surface area contributed by atoms with Crippen molar-refractivity contribution in [2.45, 2.75) is 69.1 Å². The molecule has 5 rings (SSSR count). The van der Waals surface area contributed by atoms with Crippen molar-refractivity contribution < 1.29 is 0 Å². The molecule has 0 saturated carbocycles. The summed E-state index contributed by atoms with van der Waals surface area (Å²) in [6.07, 6.45) is 9.53. The Morgan fingerprint density at radius 1 is 1.06 bits per heavy atom. The Bertz CT molecular complexity index is 1060. The predicted octanol–water partition coefficient (Wildman–Crippen LogP) is 4.23. The quantitative estimate of drug-likeness (QED) is 0.442. The van der Waals surface area contributed by atoms with Crippen molar-refractivity contribution in [3.8, 4) is 17.1 Å². The molecule has 1 fully saturated rings. The van der Waals surface area contributed by atoms with E-state index in [9.17, 15) is 4.79 Å². The van der Waals surface area contributed by atoms with E-state index in [0.717, 1.165) is 48.1 Å². The molecule has 4 aliphatic heterocycles. The SMILES string of the molecule is CN1CCCCC1CCSc1nc2nn(-c3ccccc3)c(=O)c-2c2n1CCCCC2. The molecule has 1 saturated heterocycles. The molecule has 0 N–H and O–H groups in total. The molecule has 4 heterocycles. The average Bonchev–Trinajstić information content (AvgIpc) is 2.96. The van der Waals surface area contributed by atoms with Gasteiger partial charge in [0, 0.05) is 24.0 Å². The first-order valence-electron chi connectivity index (χ1n) is 11.6. The fourth-order valence-corrected chi connectivity index (χ4v) is 6.08. The molecule has 0 radical (unpaired) electrons. The molecule has 0 bridgehead atoms. The fourth-order valence-electron chi connectivity index (χ4n) is 5.00. The van der Waals surface area contributed by atoms with Gasteiger partial charge in [0.1, 0.15) is 5.56 Å². The van der Waals surface area contributed by atoms with E-state index in [4.69, 9.17) is 4.98 Å². The van der Waals surface area contributed by atoms with E-state index in [2.05, 4.69) is 21.6 Å². The molecule has 7 heteroatoms. The van der Waals surface area contributed by atoms with E-state index in [1.54, 1.807) is 0 Å². The van der Waals surface area contributed by atoms with Gasteiger partial charge in [-0.05, 0) is 64.3 Å². The number of nitrogens with zero attached hydrogens (tertiary/aromatic N) is 5. The summed E-state index contributed by atoms with van der Waals surface area (Å²) in [4.78, 5) is 20.7. The van der Waals surface area contributed by atoms with Crippen LogP contribution in [-0.4, -0.2) is 49.6 Å². The van der Waals surface area contributed by atoms with Crippen molar-refractivity contribution in [2.75, 3.05) is 19.3 Å². The molecule has 1 unspecified atom stereocenters. The second-order valence-corrected chi connectivity index (χ2v) is 9.88. The molecule has 0 spiro atoms. The smallest absolute Gasteiger partial charge is 0.284 e. The summed E-state index contributed by atoms with van der Waals surface area (Å²) in [5.41, 5.74) is 2.60. The molecule has 0 aliphatic carbocycles. The van der Waals surface area contributed by atoms with Crippen molar-refractivity contribution in [3.05, 3.63) is 46.4 Å². The van der Waals surface area contributed by atoms with Gasteiger partial charge < -0.3 is 9.47 Å². The summed E-state index contributed by atoms with van der Waals surface area (Å²) < 4.78 is 3.85. The Morgan fingerprint density at radius 3 is 2.74 bits per heavy atom. The summed E-state index contributed by atoms with van der Waals surface area (Å²) in [5, 5.41) is 5.68.